The van der Waals surface area contributed by atoms with Crippen LogP contribution in [0.5, 0.6) is 0 Å². The lowest BCUT2D eigenvalue weighted by Gasteiger charge is -2.13. The standard InChI is InChI=1S/C22H16N4O/c1-14-3-2-4-18(9-14)26-21(27)8-6-16-11-23-20-7-5-15(10-19(20)22(16)26)17-12-24-25-13-17/h2-13H,1H3,(H,24,25). The van der Waals surface area contributed by atoms with Crippen molar-refractivity contribution < 1.29 is 0 Å². The highest BCUT2D eigenvalue weighted by molar-refractivity contribution is 6.05. The number of pyridine rings is 2. The van der Waals surface area contributed by atoms with Crippen LogP contribution in [0.4, 0.5) is 0 Å². The van der Waals surface area contributed by atoms with Gasteiger partial charge in [0.05, 0.1) is 17.2 Å². The number of rotatable bonds is 2. The summed E-state index contributed by atoms with van der Waals surface area (Å²) in [5.41, 5.74) is 5.63. The maximum atomic E-state index is 12.8. The predicted molar refractivity (Wildman–Crippen MR) is 107 cm³/mol. The Labute approximate surface area is 154 Å². The molecule has 0 aliphatic carbocycles. The number of benzene rings is 2. The van der Waals surface area contributed by atoms with Crippen LogP contribution in [0.2, 0.25) is 0 Å². The number of fused-ring (bicyclic) bond motifs is 3. The molecule has 0 spiro atoms. The molecule has 0 aliphatic rings. The molecular formula is C22H16N4O. The Bertz CT molecular complexity index is 1350. The first kappa shape index (κ1) is 15.5. The van der Waals surface area contributed by atoms with E-state index in [1.165, 1.54) is 0 Å². The summed E-state index contributed by atoms with van der Waals surface area (Å²) in [6.07, 6.45) is 5.46. The fourth-order valence-corrected chi connectivity index (χ4v) is 3.52. The highest BCUT2D eigenvalue weighted by atomic mass is 16.1. The smallest absolute Gasteiger partial charge is 0.255 e. The van der Waals surface area contributed by atoms with E-state index in [0.29, 0.717) is 0 Å². The molecular weight excluding hydrogens is 336 g/mol. The van der Waals surface area contributed by atoms with E-state index in [1.54, 1.807) is 16.8 Å². The average molecular weight is 352 g/mol. The second kappa shape index (κ2) is 5.92. The van der Waals surface area contributed by atoms with Crippen LogP contribution >= 0.6 is 0 Å². The predicted octanol–water partition coefficient (Wildman–Crippen LogP) is 4.24. The fourth-order valence-electron chi connectivity index (χ4n) is 3.52. The topological polar surface area (TPSA) is 63.6 Å². The number of nitrogens with one attached hydrogen (secondary N) is 1. The molecule has 1 N–H and O–H groups in total. The van der Waals surface area contributed by atoms with Gasteiger partial charge in [-0.2, -0.15) is 5.10 Å². The minimum atomic E-state index is -0.0608. The van der Waals surface area contributed by atoms with Gasteiger partial charge in [0.2, 0.25) is 0 Å². The van der Waals surface area contributed by atoms with Gasteiger partial charge in [-0.05, 0) is 48.4 Å². The Kier molecular flexibility index (Phi) is 3.40. The SMILES string of the molecule is Cc1cccc(-n2c(=O)ccc3cnc4ccc(-c5cn[nH]c5)cc4c32)c1. The minimum Gasteiger partial charge on any atom is -0.285 e. The Morgan fingerprint density at radius 2 is 1.89 bits per heavy atom. The molecule has 0 unspecified atom stereocenters. The molecule has 0 fully saturated rings. The van der Waals surface area contributed by atoms with Crippen LogP contribution in [0.3, 0.4) is 0 Å². The summed E-state index contributed by atoms with van der Waals surface area (Å²) in [4.78, 5) is 17.4. The number of nitrogens with zero attached hydrogens (tertiary/aromatic N) is 3. The van der Waals surface area contributed by atoms with Gasteiger partial charge in [-0.1, -0.05) is 18.2 Å². The second-order valence-corrected chi connectivity index (χ2v) is 6.63. The third-order valence-corrected chi connectivity index (χ3v) is 4.81. The van der Waals surface area contributed by atoms with Crippen LogP contribution < -0.4 is 5.56 Å². The van der Waals surface area contributed by atoms with Gasteiger partial charge in [-0.25, -0.2) is 0 Å². The number of aromatic nitrogens is 4. The van der Waals surface area contributed by atoms with E-state index in [0.717, 1.165) is 44.2 Å². The molecule has 0 radical (unpaired) electrons. The molecule has 0 saturated carbocycles. The molecule has 2 aromatic carbocycles. The molecule has 5 aromatic rings. The first-order chi connectivity index (χ1) is 13.2. The van der Waals surface area contributed by atoms with Crippen molar-refractivity contribution in [1.29, 1.82) is 0 Å². The monoisotopic (exact) mass is 352 g/mol. The molecule has 0 bridgehead atoms. The summed E-state index contributed by atoms with van der Waals surface area (Å²) >= 11 is 0. The van der Waals surface area contributed by atoms with E-state index < -0.39 is 0 Å². The molecule has 0 aliphatic heterocycles. The highest BCUT2D eigenvalue weighted by Gasteiger charge is 2.11. The van der Waals surface area contributed by atoms with Gasteiger partial charge in [0, 0.05) is 40.5 Å². The van der Waals surface area contributed by atoms with Crippen molar-refractivity contribution in [1.82, 2.24) is 19.7 Å². The van der Waals surface area contributed by atoms with E-state index in [4.69, 9.17) is 0 Å². The van der Waals surface area contributed by atoms with Crippen LogP contribution in [0, 0.1) is 6.92 Å². The van der Waals surface area contributed by atoms with E-state index in [9.17, 15) is 4.79 Å². The Morgan fingerprint density at radius 1 is 0.963 bits per heavy atom. The maximum Gasteiger partial charge on any atom is 0.255 e. The molecule has 130 valence electrons. The molecule has 0 atom stereocenters. The van der Waals surface area contributed by atoms with Gasteiger partial charge in [-0.3, -0.25) is 19.4 Å². The van der Waals surface area contributed by atoms with Crippen LogP contribution in [0.1, 0.15) is 5.56 Å². The summed E-state index contributed by atoms with van der Waals surface area (Å²) in [5.74, 6) is 0. The summed E-state index contributed by atoms with van der Waals surface area (Å²) in [5, 5.41) is 8.74. The van der Waals surface area contributed by atoms with Crippen LogP contribution in [0.25, 0.3) is 38.6 Å². The zero-order valence-electron chi connectivity index (χ0n) is 14.7. The lowest BCUT2D eigenvalue weighted by molar-refractivity contribution is 1.04. The largest absolute Gasteiger partial charge is 0.285 e. The van der Waals surface area contributed by atoms with Crippen LogP contribution in [-0.2, 0) is 0 Å². The van der Waals surface area contributed by atoms with Gasteiger partial charge in [0.1, 0.15) is 0 Å². The van der Waals surface area contributed by atoms with E-state index in [-0.39, 0.29) is 5.56 Å². The van der Waals surface area contributed by atoms with Crippen molar-refractivity contribution in [2.45, 2.75) is 6.92 Å². The summed E-state index contributed by atoms with van der Waals surface area (Å²) in [6, 6.07) is 17.5. The molecule has 5 nitrogen and oxygen atoms in total. The second-order valence-electron chi connectivity index (χ2n) is 6.63. The molecule has 3 heterocycles. The van der Waals surface area contributed by atoms with Crippen molar-refractivity contribution >= 4 is 21.8 Å². The fraction of sp³-hybridized carbons (Fsp3) is 0.0455. The molecule has 3 aromatic heterocycles. The zero-order valence-corrected chi connectivity index (χ0v) is 14.7. The van der Waals surface area contributed by atoms with Crippen LogP contribution in [0.15, 0.2) is 78.0 Å². The van der Waals surface area contributed by atoms with Crippen molar-refractivity contribution in [2.24, 2.45) is 0 Å². The van der Waals surface area contributed by atoms with Gasteiger partial charge in [0.25, 0.3) is 5.56 Å². The number of H-pyrrole nitrogens is 1. The number of aryl methyl sites for hydroxylation is 1. The number of aromatic amines is 1. The molecule has 5 rings (SSSR count). The van der Waals surface area contributed by atoms with Gasteiger partial charge in [0.15, 0.2) is 0 Å². The van der Waals surface area contributed by atoms with E-state index in [1.807, 2.05) is 61.8 Å². The molecule has 27 heavy (non-hydrogen) atoms. The van der Waals surface area contributed by atoms with Crippen molar-refractivity contribution in [3.05, 3.63) is 89.1 Å². The van der Waals surface area contributed by atoms with E-state index >= 15 is 0 Å². The summed E-state index contributed by atoms with van der Waals surface area (Å²) in [7, 11) is 0. The van der Waals surface area contributed by atoms with Gasteiger partial charge >= 0.3 is 0 Å². The molecule has 5 heteroatoms. The Balaban J connectivity index is 1.93. The lowest BCUT2D eigenvalue weighted by atomic mass is 10.0. The average Bonchev–Trinajstić information content (AvgIpc) is 3.22. The molecule has 0 amide bonds. The Hall–Kier alpha value is -3.73. The minimum absolute atomic E-state index is 0.0608. The van der Waals surface area contributed by atoms with Crippen molar-refractivity contribution in [3.8, 4) is 16.8 Å². The third-order valence-electron chi connectivity index (χ3n) is 4.81. The zero-order chi connectivity index (χ0) is 18.4. The number of hydrogen-bond acceptors (Lipinski definition) is 3. The van der Waals surface area contributed by atoms with Crippen molar-refractivity contribution in [3.63, 3.8) is 0 Å². The molecule has 0 saturated heterocycles. The highest BCUT2D eigenvalue weighted by Crippen LogP contribution is 2.29. The quantitative estimate of drug-likeness (QED) is 0.483. The van der Waals surface area contributed by atoms with Gasteiger partial charge < -0.3 is 0 Å². The van der Waals surface area contributed by atoms with E-state index in [2.05, 4.69) is 21.2 Å². The first-order valence-electron chi connectivity index (χ1n) is 8.71. The lowest BCUT2D eigenvalue weighted by Crippen LogP contribution is -2.17. The maximum absolute atomic E-state index is 12.8. The summed E-state index contributed by atoms with van der Waals surface area (Å²) < 4.78 is 1.77. The third kappa shape index (κ3) is 2.52. The normalized spacial score (nSPS) is 11.3. The first-order valence-corrected chi connectivity index (χ1v) is 8.71. The summed E-state index contributed by atoms with van der Waals surface area (Å²) in [6.45, 7) is 2.02. The Morgan fingerprint density at radius 3 is 2.70 bits per heavy atom. The van der Waals surface area contributed by atoms with Crippen molar-refractivity contribution in [2.75, 3.05) is 0 Å². The van der Waals surface area contributed by atoms with Gasteiger partial charge in [-0.15, -0.1) is 0 Å². The number of hydrogen-bond donors (Lipinski definition) is 1. The van der Waals surface area contributed by atoms with Crippen LogP contribution in [-0.4, -0.2) is 19.7 Å².